The van der Waals surface area contributed by atoms with Crippen molar-refractivity contribution in [2.45, 2.75) is 19.8 Å². The van der Waals surface area contributed by atoms with Crippen LogP contribution in [0, 0.1) is 0 Å². The highest BCUT2D eigenvalue weighted by Crippen LogP contribution is 2.00. The van der Waals surface area contributed by atoms with Gasteiger partial charge in [0.2, 0.25) is 0 Å². The lowest BCUT2D eigenvalue weighted by Crippen LogP contribution is -2.19. The number of carboxylic acid groups (broad SMARTS) is 1. The first-order chi connectivity index (χ1) is 9.24. The summed E-state index contributed by atoms with van der Waals surface area (Å²) in [4.78, 5) is 12.5. The van der Waals surface area contributed by atoms with Crippen LogP contribution in [-0.2, 0) is 0 Å². The van der Waals surface area contributed by atoms with Gasteiger partial charge in [-0.05, 0) is 30.8 Å². The molecule has 0 amide bonds. The van der Waals surface area contributed by atoms with Crippen LogP contribution in [0.2, 0.25) is 0 Å². The van der Waals surface area contributed by atoms with E-state index in [-0.39, 0.29) is 0 Å². The van der Waals surface area contributed by atoms with E-state index in [2.05, 4.69) is 36.3 Å². The first-order valence-corrected chi connectivity index (χ1v) is 6.59. The topological polar surface area (TPSA) is 40.5 Å². The molecule has 2 rings (SSSR count). The zero-order chi connectivity index (χ0) is 13.9. The van der Waals surface area contributed by atoms with Crippen molar-refractivity contribution in [2.75, 3.05) is 13.1 Å². The number of nitrogens with zero attached hydrogens (tertiary/aromatic N) is 1. The molecule has 0 bridgehead atoms. The minimum absolute atomic E-state index is 0.331. The molecular formula is C16H21NO2. The predicted molar refractivity (Wildman–Crippen MR) is 78.2 cm³/mol. The number of carboxylic acids is 1. The highest BCUT2D eigenvalue weighted by Gasteiger charge is 1.97. The highest BCUT2D eigenvalue weighted by atomic mass is 16.4. The molecule has 0 atom stereocenters. The van der Waals surface area contributed by atoms with Crippen LogP contribution in [0.25, 0.3) is 0 Å². The number of aromatic carboxylic acids is 1. The molecular weight excluding hydrogens is 238 g/mol. The normalized spacial score (nSPS) is 12.8. The molecule has 1 heterocycles. The summed E-state index contributed by atoms with van der Waals surface area (Å²) >= 11 is 0. The number of carbonyl (C=O) groups is 1. The molecule has 0 unspecified atom stereocenters. The molecule has 0 radical (unpaired) electrons. The van der Waals surface area contributed by atoms with Crippen molar-refractivity contribution in [3.05, 3.63) is 60.3 Å². The van der Waals surface area contributed by atoms with Gasteiger partial charge in [-0.2, -0.15) is 0 Å². The van der Waals surface area contributed by atoms with Crippen LogP contribution in [-0.4, -0.2) is 29.1 Å². The van der Waals surface area contributed by atoms with Gasteiger partial charge in [0.1, 0.15) is 0 Å². The molecule has 0 saturated carbocycles. The first-order valence-electron chi connectivity index (χ1n) is 6.59. The Balaban J connectivity index is 0.000000191. The average Bonchev–Trinajstić information content (AvgIpc) is 2.48. The van der Waals surface area contributed by atoms with Crippen molar-refractivity contribution >= 4 is 5.97 Å². The predicted octanol–water partition coefficient (Wildman–Crippen LogP) is 3.56. The summed E-state index contributed by atoms with van der Waals surface area (Å²) in [5.41, 5.74) is 0.331. The monoisotopic (exact) mass is 259 g/mol. The molecule has 3 nitrogen and oxygen atoms in total. The second-order valence-electron chi connectivity index (χ2n) is 4.29. The van der Waals surface area contributed by atoms with E-state index in [4.69, 9.17) is 5.11 Å². The third-order valence-electron chi connectivity index (χ3n) is 2.70. The molecule has 1 aliphatic heterocycles. The number of allylic oxidation sites excluding steroid dienone is 2. The molecule has 0 aliphatic carbocycles. The fraction of sp³-hybridized carbons (Fsp3) is 0.312. The molecule has 0 fully saturated rings. The lowest BCUT2D eigenvalue weighted by Gasteiger charge is -2.19. The van der Waals surface area contributed by atoms with Crippen LogP contribution in [0.15, 0.2) is 54.8 Å². The maximum absolute atomic E-state index is 10.2. The summed E-state index contributed by atoms with van der Waals surface area (Å²) in [5.74, 6) is -0.879. The largest absolute Gasteiger partial charge is 0.478 e. The fourth-order valence-corrected chi connectivity index (χ4v) is 1.61. The van der Waals surface area contributed by atoms with Gasteiger partial charge in [0.25, 0.3) is 0 Å². The lowest BCUT2D eigenvalue weighted by atomic mass is 10.2. The molecule has 0 spiro atoms. The summed E-state index contributed by atoms with van der Waals surface area (Å²) in [7, 11) is 0. The van der Waals surface area contributed by atoms with Crippen molar-refractivity contribution in [2.24, 2.45) is 0 Å². The Bertz CT molecular complexity index is 424. The summed E-state index contributed by atoms with van der Waals surface area (Å²) in [6, 6.07) is 8.30. The van der Waals surface area contributed by atoms with Crippen molar-refractivity contribution in [3.63, 3.8) is 0 Å². The molecule has 3 heteroatoms. The standard InChI is InChI=1S/C9H15N.C7H6O2/c1-2-3-7-10-8-5-4-6-9-10;8-7(9)6-4-2-1-3-5-6/h4-6,8H,2-3,7,9H2,1H3;1-5H,(H,8,9). The number of unbranched alkanes of at least 4 members (excludes halogenated alkanes) is 1. The minimum atomic E-state index is -0.879. The van der Waals surface area contributed by atoms with Gasteiger partial charge < -0.3 is 10.0 Å². The van der Waals surface area contributed by atoms with E-state index < -0.39 is 5.97 Å². The van der Waals surface area contributed by atoms with Gasteiger partial charge in [0.05, 0.1) is 5.56 Å². The van der Waals surface area contributed by atoms with E-state index in [9.17, 15) is 4.79 Å². The Morgan fingerprint density at radius 1 is 1.26 bits per heavy atom. The van der Waals surface area contributed by atoms with E-state index in [1.807, 2.05) is 0 Å². The molecule has 102 valence electrons. The average molecular weight is 259 g/mol. The Hall–Kier alpha value is -2.03. The van der Waals surface area contributed by atoms with Crippen LogP contribution in [0.3, 0.4) is 0 Å². The van der Waals surface area contributed by atoms with E-state index in [1.54, 1.807) is 30.3 Å². The van der Waals surface area contributed by atoms with Gasteiger partial charge in [-0.25, -0.2) is 4.79 Å². The van der Waals surface area contributed by atoms with Crippen LogP contribution in [0.4, 0.5) is 0 Å². The third kappa shape index (κ3) is 6.46. The Labute approximate surface area is 114 Å². The summed E-state index contributed by atoms with van der Waals surface area (Å²) in [6.07, 6.45) is 11.1. The molecule has 19 heavy (non-hydrogen) atoms. The van der Waals surface area contributed by atoms with E-state index in [0.29, 0.717) is 5.56 Å². The van der Waals surface area contributed by atoms with Crippen molar-refractivity contribution in [1.82, 2.24) is 4.90 Å². The van der Waals surface area contributed by atoms with Crippen LogP contribution >= 0.6 is 0 Å². The van der Waals surface area contributed by atoms with Gasteiger partial charge in [-0.15, -0.1) is 0 Å². The van der Waals surface area contributed by atoms with Crippen LogP contribution in [0.5, 0.6) is 0 Å². The Morgan fingerprint density at radius 3 is 2.47 bits per heavy atom. The zero-order valence-electron chi connectivity index (χ0n) is 11.3. The summed E-state index contributed by atoms with van der Waals surface area (Å²) in [5, 5.41) is 8.38. The third-order valence-corrected chi connectivity index (χ3v) is 2.70. The Morgan fingerprint density at radius 2 is 2.00 bits per heavy atom. The molecule has 1 aliphatic rings. The molecule has 0 aromatic heterocycles. The van der Waals surface area contributed by atoms with E-state index in [1.165, 1.54) is 19.4 Å². The van der Waals surface area contributed by atoms with Gasteiger partial charge >= 0.3 is 5.97 Å². The lowest BCUT2D eigenvalue weighted by molar-refractivity contribution is 0.0697. The molecule has 1 aromatic carbocycles. The van der Waals surface area contributed by atoms with Gasteiger partial charge in [0, 0.05) is 13.1 Å². The second kappa shape index (κ2) is 8.97. The zero-order valence-corrected chi connectivity index (χ0v) is 11.3. The SMILES string of the molecule is CCCCN1C=CC=CC1.O=C(O)c1ccccc1. The van der Waals surface area contributed by atoms with Gasteiger partial charge in [-0.1, -0.05) is 43.7 Å². The van der Waals surface area contributed by atoms with Gasteiger partial charge in [0.15, 0.2) is 0 Å². The smallest absolute Gasteiger partial charge is 0.335 e. The number of hydrogen-bond donors (Lipinski definition) is 1. The van der Waals surface area contributed by atoms with Crippen molar-refractivity contribution in [1.29, 1.82) is 0 Å². The van der Waals surface area contributed by atoms with E-state index >= 15 is 0 Å². The molecule has 0 saturated heterocycles. The second-order valence-corrected chi connectivity index (χ2v) is 4.29. The number of hydrogen-bond acceptors (Lipinski definition) is 2. The minimum Gasteiger partial charge on any atom is -0.478 e. The van der Waals surface area contributed by atoms with Crippen LogP contribution < -0.4 is 0 Å². The quantitative estimate of drug-likeness (QED) is 0.898. The number of rotatable bonds is 4. The summed E-state index contributed by atoms with van der Waals surface area (Å²) in [6.45, 7) is 4.53. The number of benzene rings is 1. The molecule has 1 aromatic rings. The van der Waals surface area contributed by atoms with Crippen molar-refractivity contribution in [3.8, 4) is 0 Å². The fourth-order valence-electron chi connectivity index (χ4n) is 1.61. The Kier molecular flexibility index (Phi) is 7.10. The summed E-state index contributed by atoms with van der Waals surface area (Å²) < 4.78 is 0. The first kappa shape index (κ1) is 15.0. The van der Waals surface area contributed by atoms with Gasteiger partial charge in [-0.3, -0.25) is 0 Å². The maximum Gasteiger partial charge on any atom is 0.335 e. The van der Waals surface area contributed by atoms with Crippen LogP contribution in [0.1, 0.15) is 30.1 Å². The van der Waals surface area contributed by atoms with Crippen molar-refractivity contribution < 1.29 is 9.90 Å². The maximum atomic E-state index is 10.2. The highest BCUT2D eigenvalue weighted by molar-refractivity contribution is 5.87. The molecule has 1 N–H and O–H groups in total. The van der Waals surface area contributed by atoms with E-state index in [0.717, 1.165) is 6.54 Å².